The molecule has 0 amide bonds. The number of rotatable bonds is 6. The smallest absolute Gasteiger partial charge is 0.328 e. The molecule has 0 unspecified atom stereocenters. The Morgan fingerprint density at radius 1 is 1.43 bits per heavy atom. The van der Waals surface area contributed by atoms with Crippen molar-refractivity contribution in [3.05, 3.63) is 45.5 Å². The predicted molar refractivity (Wildman–Crippen MR) is 84.0 cm³/mol. The van der Waals surface area contributed by atoms with Gasteiger partial charge in [0.05, 0.1) is 0 Å². The molecule has 0 aliphatic heterocycles. The second kappa shape index (κ2) is 6.52. The van der Waals surface area contributed by atoms with Gasteiger partial charge in [-0.15, -0.1) is 22.7 Å². The van der Waals surface area contributed by atoms with Crippen LogP contribution in [0.3, 0.4) is 0 Å². The Labute approximate surface area is 130 Å². The molecule has 0 saturated carbocycles. The fourth-order valence-electron chi connectivity index (χ4n) is 1.62. The summed E-state index contributed by atoms with van der Waals surface area (Å²) in [5, 5.41) is 12.1. The molecule has 2 aromatic heterocycles. The lowest BCUT2D eigenvalue weighted by molar-refractivity contribution is -0.131. The molecule has 0 bridgehead atoms. The van der Waals surface area contributed by atoms with Gasteiger partial charge in [0.2, 0.25) is 0 Å². The van der Waals surface area contributed by atoms with Gasteiger partial charge in [-0.3, -0.25) is 0 Å². The van der Waals surface area contributed by atoms with Crippen LogP contribution >= 0.6 is 22.7 Å². The molecule has 21 heavy (non-hydrogen) atoms. The molecular formula is C13H13NO4S3. The number of aliphatic carboxylic acids is 1. The van der Waals surface area contributed by atoms with E-state index >= 15 is 0 Å². The maximum Gasteiger partial charge on any atom is 0.328 e. The van der Waals surface area contributed by atoms with Gasteiger partial charge in [-0.25, -0.2) is 13.2 Å². The Balaban J connectivity index is 2.10. The van der Waals surface area contributed by atoms with E-state index in [2.05, 4.69) is 0 Å². The first-order valence-corrected chi connectivity index (χ1v) is 9.08. The number of carbonyl (C=O) groups is 1. The SMILES string of the molecule is CN(Cc1csc(C=CC(=O)O)c1)S(=O)(=O)c1cccs1. The molecule has 0 atom stereocenters. The summed E-state index contributed by atoms with van der Waals surface area (Å²) in [5.74, 6) is -1.01. The normalized spacial score (nSPS) is 12.3. The van der Waals surface area contributed by atoms with Crippen molar-refractivity contribution in [1.29, 1.82) is 0 Å². The minimum Gasteiger partial charge on any atom is -0.478 e. The summed E-state index contributed by atoms with van der Waals surface area (Å²) in [4.78, 5) is 11.2. The van der Waals surface area contributed by atoms with Crippen LogP contribution in [-0.4, -0.2) is 30.8 Å². The van der Waals surface area contributed by atoms with E-state index in [0.29, 0.717) is 4.21 Å². The average molecular weight is 343 g/mol. The lowest BCUT2D eigenvalue weighted by atomic mass is 10.3. The van der Waals surface area contributed by atoms with Crippen molar-refractivity contribution in [3.63, 3.8) is 0 Å². The zero-order valence-corrected chi connectivity index (χ0v) is 13.5. The van der Waals surface area contributed by atoms with Crippen LogP contribution in [0.4, 0.5) is 0 Å². The summed E-state index contributed by atoms with van der Waals surface area (Å²) < 4.78 is 26.1. The topological polar surface area (TPSA) is 74.7 Å². The van der Waals surface area contributed by atoms with E-state index in [9.17, 15) is 13.2 Å². The Bertz CT molecular complexity index is 744. The van der Waals surface area contributed by atoms with Crippen LogP contribution in [0.15, 0.2) is 39.2 Å². The van der Waals surface area contributed by atoms with Crippen molar-refractivity contribution in [3.8, 4) is 0 Å². The van der Waals surface area contributed by atoms with Crippen LogP contribution < -0.4 is 0 Å². The van der Waals surface area contributed by atoms with Crippen LogP contribution in [0.5, 0.6) is 0 Å². The number of thiophene rings is 2. The molecule has 0 aromatic carbocycles. The molecule has 0 aliphatic rings. The third-order valence-electron chi connectivity index (χ3n) is 2.63. The van der Waals surface area contributed by atoms with Gasteiger partial charge in [0.1, 0.15) is 4.21 Å². The van der Waals surface area contributed by atoms with Crippen LogP contribution in [0.25, 0.3) is 6.08 Å². The van der Waals surface area contributed by atoms with Gasteiger partial charge in [-0.05, 0) is 34.5 Å². The van der Waals surface area contributed by atoms with Crippen molar-refractivity contribution in [2.24, 2.45) is 0 Å². The van der Waals surface area contributed by atoms with E-state index in [4.69, 9.17) is 5.11 Å². The molecule has 5 nitrogen and oxygen atoms in total. The molecular weight excluding hydrogens is 330 g/mol. The number of carboxylic acid groups (broad SMARTS) is 1. The molecule has 2 heterocycles. The highest BCUT2D eigenvalue weighted by molar-refractivity contribution is 7.91. The number of hydrogen-bond donors (Lipinski definition) is 1. The second-order valence-corrected chi connectivity index (χ2v) is 8.38. The van der Waals surface area contributed by atoms with Crippen molar-refractivity contribution >= 4 is 44.7 Å². The number of nitrogens with zero attached hydrogens (tertiary/aromatic N) is 1. The minimum atomic E-state index is -3.47. The van der Waals surface area contributed by atoms with Gasteiger partial charge in [-0.2, -0.15) is 4.31 Å². The maximum absolute atomic E-state index is 12.3. The Hall–Kier alpha value is -1.48. The fraction of sp³-hybridized carbons (Fsp3) is 0.154. The van der Waals surface area contributed by atoms with Crippen molar-refractivity contribution in [2.75, 3.05) is 7.05 Å². The molecule has 2 rings (SSSR count). The molecule has 0 spiro atoms. The van der Waals surface area contributed by atoms with Gasteiger partial charge in [0.25, 0.3) is 10.0 Å². The van der Waals surface area contributed by atoms with Crippen molar-refractivity contribution in [2.45, 2.75) is 10.8 Å². The van der Waals surface area contributed by atoms with Gasteiger partial charge in [0.15, 0.2) is 0 Å². The monoisotopic (exact) mass is 343 g/mol. The molecule has 8 heteroatoms. The Kier molecular flexibility index (Phi) is 4.94. The van der Waals surface area contributed by atoms with E-state index in [-0.39, 0.29) is 6.54 Å². The van der Waals surface area contributed by atoms with Crippen molar-refractivity contribution in [1.82, 2.24) is 4.31 Å². The van der Waals surface area contributed by atoms with E-state index in [0.717, 1.165) is 16.5 Å². The number of carboxylic acids is 1. The first kappa shape index (κ1) is 15.9. The van der Waals surface area contributed by atoms with Crippen LogP contribution in [-0.2, 0) is 21.4 Å². The second-order valence-electron chi connectivity index (χ2n) is 4.22. The molecule has 112 valence electrons. The van der Waals surface area contributed by atoms with E-state index in [1.54, 1.807) is 23.6 Å². The molecule has 0 fully saturated rings. The Morgan fingerprint density at radius 2 is 2.19 bits per heavy atom. The first-order valence-electron chi connectivity index (χ1n) is 5.88. The number of sulfonamides is 1. The highest BCUT2D eigenvalue weighted by atomic mass is 32.2. The number of hydrogen-bond acceptors (Lipinski definition) is 5. The molecule has 1 N–H and O–H groups in total. The molecule has 2 aromatic rings. The summed E-state index contributed by atoms with van der Waals surface area (Å²) in [6.07, 6.45) is 2.55. The minimum absolute atomic E-state index is 0.248. The third kappa shape index (κ3) is 4.01. The molecule has 0 saturated heterocycles. The maximum atomic E-state index is 12.3. The summed E-state index contributed by atoms with van der Waals surface area (Å²) >= 11 is 2.55. The van der Waals surface area contributed by atoms with E-state index < -0.39 is 16.0 Å². The predicted octanol–water partition coefficient (Wildman–Crippen LogP) is 2.73. The van der Waals surface area contributed by atoms with Gasteiger partial charge in [-0.1, -0.05) is 6.07 Å². The lowest BCUT2D eigenvalue weighted by Crippen LogP contribution is -2.25. The highest BCUT2D eigenvalue weighted by Crippen LogP contribution is 2.23. The van der Waals surface area contributed by atoms with Crippen molar-refractivity contribution < 1.29 is 18.3 Å². The quantitative estimate of drug-likeness (QED) is 0.819. The van der Waals surface area contributed by atoms with Gasteiger partial charge >= 0.3 is 5.97 Å². The largest absolute Gasteiger partial charge is 0.478 e. The summed E-state index contributed by atoms with van der Waals surface area (Å²) in [5.41, 5.74) is 0.827. The van der Waals surface area contributed by atoms with E-state index in [1.807, 2.05) is 5.38 Å². The molecule has 0 aliphatic carbocycles. The Morgan fingerprint density at radius 3 is 2.81 bits per heavy atom. The third-order valence-corrected chi connectivity index (χ3v) is 6.75. The van der Waals surface area contributed by atoms with Crippen LogP contribution in [0, 0.1) is 0 Å². The summed E-state index contributed by atoms with van der Waals surface area (Å²) in [7, 11) is -1.94. The standard InChI is InChI=1S/C13H13NO4S3/c1-14(21(17,18)13-3-2-6-19-13)8-10-7-11(20-9-10)4-5-12(15)16/h2-7,9H,8H2,1H3,(H,15,16). The van der Waals surface area contributed by atoms with Gasteiger partial charge in [0, 0.05) is 24.5 Å². The summed E-state index contributed by atoms with van der Waals surface area (Å²) in [6.45, 7) is 0.248. The fourth-order valence-corrected chi connectivity index (χ4v) is 4.78. The zero-order valence-electron chi connectivity index (χ0n) is 11.1. The van der Waals surface area contributed by atoms with Crippen LogP contribution in [0.1, 0.15) is 10.4 Å². The van der Waals surface area contributed by atoms with Crippen LogP contribution in [0.2, 0.25) is 0 Å². The van der Waals surface area contributed by atoms with Gasteiger partial charge < -0.3 is 5.11 Å². The first-order chi connectivity index (χ1) is 9.89. The average Bonchev–Trinajstić information content (AvgIpc) is 3.07. The molecule has 0 radical (unpaired) electrons. The lowest BCUT2D eigenvalue weighted by Gasteiger charge is -2.14. The van der Waals surface area contributed by atoms with E-state index in [1.165, 1.54) is 40.1 Å². The highest BCUT2D eigenvalue weighted by Gasteiger charge is 2.21. The summed E-state index contributed by atoms with van der Waals surface area (Å²) in [6, 6.07) is 5.06. The zero-order chi connectivity index (χ0) is 15.5.